The molecule has 2 N–H and O–H groups in total. The van der Waals surface area contributed by atoms with Crippen molar-refractivity contribution in [3.8, 4) is 0 Å². The van der Waals surface area contributed by atoms with Crippen LogP contribution in [0.5, 0.6) is 0 Å². The van der Waals surface area contributed by atoms with E-state index in [1.54, 1.807) is 0 Å². The summed E-state index contributed by atoms with van der Waals surface area (Å²) in [5, 5.41) is 0. The predicted octanol–water partition coefficient (Wildman–Crippen LogP) is 2.18. The van der Waals surface area contributed by atoms with Crippen LogP contribution in [0.1, 0.15) is 12.0 Å². The third-order valence-electron chi connectivity index (χ3n) is 2.79. The Labute approximate surface area is 100 Å². The van der Waals surface area contributed by atoms with Crippen LogP contribution < -0.4 is 5.73 Å². The summed E-state index contributed by atoms with van der Waals surface area (Å²) in [5.41, 5.74) is 7.63. The van der Waals surface area contributed by atoms with Gasteiger partial charge in [0.25, 0.3) is 0 Å². The molecule has 0 bridgehead atoms. The molecule has 0 aromatic heterocycles. The van der Waals surface area contributed by atoms with Crippen molar-refractivity contribution in [1.29, 1.82) is 0 Å². The molecule has 1 aliphatic heterocycles. The Kier molecular flexibility index (Phi) is 3.69. The Morgan fingerprint density at radius 3 is 2.38 bits per heavy atom. The summed E-state index contributed by atoms with van der Waals surface area (Å²) in [5.74, 6) is -0.203. The molecule has 0 saturated carbocycles. The number of nitrogen functional groups attached to an aromatic ring is 1. The Hall–Kier alpha value is -0.770. The van der Waals surface area contributed by atoms with Gasteiger partial charge in [0.1, 0.15) is 0 Å². The van der Waals surface area contributed by atoms with Gasteiger partial charge in [-0.25, -0.2) is 0 Å². The average molecular weight is 242 g/mol. The number of alkyl halides is 1. The van der Waals surface area contributed by atoms with Crippen molar-refractivity contribution in [2.24, 2.45) is 0 Å². The van der Waals surface area contributed by atoms with E-state index in [9.17, 15) is 0 Å². The fourth-order valence-corrected chi connectivity index (χ4v) is 2.09. The number of rotatable bonds is 4. The molecule has 0 aliphatic carbocycles. The summed E-state index contributed by atoms with van der Waals surface area (Å²) in [6.45, 7) is 1.27. The minimum atomic E-state index is -0.580. The predicted molar refractivity (Wildman–Crippen MR) is 64.5 cm³/mol. The lowest BCUT2D eigenvalue weighted by Gasteiger charge is -2.24. The molecule has 3 nitrogen and oxygen atoms in total. The van der Waals surface area contributed by atoms with Crippen LogP contribution in [0.4, 0.5) is 5.69 Å². The summed E-state index contributed by atoms with van der Waals surface area (Å²) in [6, 6.07) is 7.84. The zero-order valence-corrected chi connectivity index (χ0v) is 9.87. The van der Waals surface area contributed by atoms with Gasteiger partial charge in [-0.3, -0.25) is 0 Å². The number of halogens is 1. The lowest BCUT2D eigenvalue weighted by atomic mass is 10.1. The summed E-state index contributed by atoms with van der Waals surface area (Å²) in [7, 11) is 0. The van der Waals surface area contributed by atoms with Crippen molar-refractivity contribution in [2.45, 2.75) is 18.6 Å². The molecule has 1 fully saturated rings. The number of ether oxygens (including phenoxy) is 2. The summed E-state index contributed by atoms with van der Waals surface area (Å²) >= 11 is 5.89. The van der Waals surface area contributed by atoms with Gasteiger partial charge in [-0.2, -0.15) is 0 Å². The lowest BCUT2D eigenvalue weighted by molar-refractivity contribution is -0.143. The third-order valence-corrected chi connectivity index (χ3v) is 3.20. The second-order valence-corrected chi connectivity index (χ2v) is 4.25. The van der Waals surface area contributed by atoms with Gasteiger partial charge in [0, 0.05) is 12.1 Å². The first-order valence-corrected chi connectivity index (χ1v) is 5.96. The van der Waals surface area contributed by atoms with Crippen LogP contribution in [0.2, 0.25) is 0 Å². The molecular weight excluding hydrogens is 226 g/mol. The van der Waals surface area contributed by atoms with E-state index in [4.69, 9.17) is 26.8 Å². The number of hydrogen-bond donors (Lipinski definition) is 1. The fourth-order valence-electron chi connectivity index (χ4n) is 1.80. The molecule has 2 rings (SSSR count). The molecule has 88 valence electrons. The Morgan fingerprint density at radius 2 is 1.81 bits per heavy atom. The molecule has 0 amide bonds. The van der Waals surface area contributed by atoms with Crippen LogP contribution in [0, 0.1) is 0 Å². The van der Waals surface area contributed by atoms with Crippen LogP contribution in [0.25, 0.3) is 0 Å². The zero-order chi connectivity index (χ0) is 11.4. The molecule has 1 aromatic rings. The number of nitrogens with two attached hydrogens (primary N) is 1. The number of aryl methyl sites for hydroxylation is 1. The van der Waals surface area contributed by atoms with Gasteiger partial charge in [0.05, 0.1) is 19.1 Å². The third kappa shape index (κ3) is 2.67. The van der Waals surface area contributed by atoms with Crippen molar-refractivity contribution in [3.63, 3.8) is 0 Å². The zero-order valence-electron chi connectivity index (χ0n) is 9.12. The molecule has 0 spiro atoms. The fraction of sp³-hybridized carbons (Fsp3) is 0.500. The van der Waals surface area contributed by atoms with Crippen LogP contribution in [-0.2, 0) is 15.9 Å². The van der Waals surface area contributed by atoms with E-state index in [2.05, 4.69) is 0 Å². The SMILES string of the molecule is Nc1ccc(CCC2(CCl)OCCO2)cc1. The minimum absolute atomic E-state index is 0.377. The van der Waals surface area contributed by atoms with Gasteiger partial charge in [-0.1, -0.05) is 12.1 Å². The first kappa shape index (κ1) is 11.7. The molecule has 1 heterocycles. The first-order chi connectivity index (χ1) is 7.74. The topological polar surface area (TPSA) is 44.5 Å². The van der Waals surface area contributed by atoms with Crippen molar-refractivity contribution in [3.05, 3.63) is 29.8 Å². The highest BCUT2D eigenvalue weighted by Gasteiger charge is 2.35. The highest BCUT2D eigenvalue weighted by molar-refractivity contribution is 6.18. The number of benzene rings is 1. The van der Waals surface area contributed by atoms with Crippen LogP contribution >= 0.6 is 11.6 Å². The molecule has 16 heavy (non-hydrogen) atoms. The largest absolute Gasteiger partial charge is 0.399 e. The van der Waals surface area contributed by atoms with Crippen LogP contribution in [-0.4, -0.2) is 24.9 Å². The van der Waals surface area contributed by atoms with E-state index in [0.717, 1.165) is 18.5 Å². The van der Waals surface area contributed by atoms with Crippen molar-refractivity contribution < 1.29 is 9.47 Å². The standard InChI is InChI=1S/C12H16ClNO2/c13-9-12(15-7-8-16-12)6-5-10-1-3-11(14)4-2-10/h1-4H,5-9,14H2. The molecule has 0 unspecified atom stereocenters. The maximum Gasteiger partial charge on any atom is 0.182 e. The molecule has 4 heteroatoms. The van der Waals surface area contributed by atoms with Gasteiger partial charge < -0.3 is 15.2 Å². The van der Waals surface area contributed by atoms with E-state index in [1.165, 1.54) is 5.56 Å². The lowest BCUT2D eigenvalue weighted by Crippen LogP contribution is -2.32. The van der Waals surface area contributed by atoms with Gasteiger partial charge in [-0.05, 0) is 24.1 Å². The minimum Gasteiger partial charge on any atom is -0.399 e. The van der Waals surface area contributed by atoms with Gasteiger partial charge in [0.2, 0.25) is 0 Å². The maximum absolute atomic E-state index is 5.89. The highest BCUT2D eigenvalue weighted by atomic mass is 35.5. The van der Waals surface area contributed by atoms with Crippen molar-refractivity contribution in [2.75, 3.05) is 24.8 Å². The second kappa shape index (κ2) is 5.04. The Balaban J connectivity index is 1.93. The monoisotopic (exact) mass is 241 g/mol. The average Bonchev–Trinajstić information content (AvgIpc) is 2.78. The number of hydrogen-bond acceptors (Lipinski definition) is 3. The van der Waals surface area contributed by atoms with Crippen LogP contribution in [0.15, 0.2) is 24.3 Å². The van der Waals surface area contributed by atoms with Crippen LogP contribution in [0.3, 0.4) is 0 Å². The molecule has 1 aromatic carbocycles. The normalized spacial score (nSPS) is 18.8. The quantitative estimate of drug-likeness (QED) is 0.649. The Bertz CT molecular complexity index is 333. The first-order valence-electron chi connectivity index (χ1n) is 5.42. The van der Waals surface area contributed by atoms with Crippen molar-refractivity contribution in [1.82, 2.24) is 0 Å². The van der Waals surface area contributed by atoms with Crippen molar-refractivity contribution >= 4 is 17.3 Å². The molecular formula is C12H16ClNO2. The molecule has 1 aliphatic rings. The van der Waals surface area contributed by atoms with Gasteiger partial charge in [0.15, 0.2) is 5.79 Å². The maximum atomic E-state index is 5.89. The highest BCUT2D eigenvalue weighted by Crippen LogP contribution is 2.26. The van der Waals surface area contributed by atoms with E-state index in [-0.39, 0.29) is 0 Å². The smallest absolute Gasteiger partial charge is 0.182 e. The Morgan fingerprint density at radius 1 is 1.19 bits per heavy atom. The summed E-state index contributed by atoms with van der Waals surface area (Å²) < 4.78 is 11.1. The molecule has 0 radical (unpaired) electrons. The van der Waals surface area contributed by atoms with E-state index < -0.39 is 5.79 Å². The second-order valence-electron chi connectivity index (χ2n) is 3.98. The van der Waals surface area contributed by atoms with Gasteiger partial charge >= 0.3 is 0 Å². The molecule has 1 saturated heterocycles. The van der Waals surface area contributed by atoms with E-state index in [1.807, 2.05) is 24.3 Å². The van der Waals surface area contributed by atoms with E-state index in [0.29, 0.717) is 19.1 Å². The number of anilines is 1. The summed E-state index contributed by atoms with van der Waals surface area (Å²) in [4.78, 5) is 0. The van der Waals surface area contributed by atoms with E-state index >= 15 is 0 Å². The molecule has 0 atom stereocenters. The van der Waals surface area contributed by atoms with Gasteiger partial charge in [-0.15, -0.1) is 11.6 Å². The summed E-state index contributed by atoms with van der Waals surface area (Å²) in [6.07, 6.45) is 1.66.